The first-order valence-corrected chi connectivity index (χ1v) is 9.68. The number of benzene rings is 3. The minimum atomic E-state index is -0.261. The number of anilines is 1. The summed E-state index contributed by atoms with van der Waals surface area (Å²) in [6.45, 7) is 1.87. The maximum absolute atomic E-state index is 12.3. The smallest absolute Gasteiger partial charge is 0.262 e. The number of aliphatic hydroxyl groups is 1. The van der Waals surface area contributed by atoms with Crippen molar-refractivity contribution >= 4 is 22.6 Å². The highest BCUT2D eigenvalue weighted by molar-refractivity contribution is 5.91. The number of amides is 1. The predicted molar refractivity (Wildman–Crippen MR) is 115 cm³/mol. The summed E-state index contributed by atoms with van der Waals surface area (Å²) in [5.41, 5.74) is 4.88. The lowest BCUT2D eigenvalue weighted by molar-refractivity contribution is -0.118. The molecule has 0 saturated carbocycles. The molecule has 3 aromatic carbocycles. The molecule has 0 atom stereocenters. The third kappa shape index (κ3) is 4.47. The van der Waals surface area contributed by atoms with Crippen molar-refractivity contribution in [2.24, 2.45) is 0 Å². The summed E-state index contributed by atoms with van der Waals surface area (Å²) in [5, 5.41) is 21.1. The molecular formula is C23H22N4O3. The average molecular weight is 402 g/mol. The van der Waals surface area contributed by atoms with E-state index >= 15 is 0 Å². The predicted octanol–water partition coefficient (Wildman–Crippen LogP) is 3.28. The lowest BCUT2D eigenvalue weighted by atomic mass is 10.1. The van der Waals surface area contributed by atoms with E-state index < -0.39 is 0 Å². The summed E-state index contributed by atoms with van der Waals surface area (Å²) in [4.78, 5) is 13.8. The first-order valence-electron chi connectivity index (χ1n) is 9.68. The number of carbonyl (C=O) groups excluding carboxylic acids is 1. The zero-order valence-electron chi connectivity index (χ0n) is 16.6. The summed E-state index contributed by atoms with van der Waals surface area (Å²) < 4.78 is 5.80. The number of nitrogens with one attached hydrogen (secondary N) is 1. The van der Waals surface area contributed by atoms with Crippen LogP contribution in [0.2, 0.25) is 0 Å². The molecule has 0 bridgehead atoms. The summed E-state index contributed by atoms with van der Waals surface area (Å²) in [7, 11) is 0. The van der Waals surface area contributed by atoms with Crippen LogP contribution in [0.25, 0.3) is 16.7 Å². The van der Waals surface area contributed by atoms with Gasteiger partial charge in [-0.15, -0.1) is 15.0 Å². The van der Waals surface area contributed by atoms with Gasteiger partial charge < -0.3 is 15.2 Å². The summed E-state index contributed by atoms with van der Waals surface area (Å²) in [6, 6.07) is 20.6. The lowest BCUT2D eigenvalue weighted by Crippen LogP contribution is -2.20. The van der Waals surface area contributed by atoms with E-state index in [9.17, 15) is 9.90 Å². The number of aryl methyl sites for hydroxylation is 1. The molecule has 0 unspecified atom stereocenters. The Bertz CT molecular complexity index is 1140. The average Bonchev–Trinajstić information content (AvgIpc) is 3.19. The fourth-order valence-electron chi connectivity index (χ4n) is 3.07. The second-order valence-corrected chi connectivity index (χ2v) is 6.96. The first-order chi connectivity index (χ1) is 14.6. The van der Waals surface area contributed by atoms with Gasteiger partial charge in [0.25, 0.3) is 5.91 Å². The molecule has 4 rings (SSSR count). The van der Waals surface area contributed by atoms with E-state index in [1.807, 2.05) is 67.6 Å². The van der Waals surface area contributed by atoms with E-state index in [0.717, 1.165) is 22.2 Å². The Kier molecular flexibility index (Phi) is 5.72. The van der Waals surface area contributed by atoms with Crippen molar-refractivity contribution in [1.29, 1.82) is 0 Å². The minimum absolute atomic E-state index is 0.0348. The van der Waals surface area contributed by atoms with Gasteiger partial charge in [-0.1, -0.05) is 35.9 Å². The molecular weight excluding hydrogens is 380 g/mol. The van der Waals surface area contributed by atoms with Crippen LogP contribution in [0.1, 0.15) is 11.1 Å². The molecule has 0 spiro atoms. The number of ether oxygens (including phenoxy) is 1. The van der Waals surface area contributed by atoms with Crippen molar-refractivity contribution in [2.45, 2.75) is 13.3 Å². The van der Waals surface area contributed by atoms with Gasteiger partial charge in [0.15, 0.2) is 6.61 Å². The van der Waals surface area contributed by atoms with E-state index in [0.29, 0.717) is 23.5 Å². The molecule has 0 aliphatic heterocycles. The van der Waals surface area contributed by atoms with Crippen LogP contribution >= 0.6 is 0 Å². The molecule has 0 fully saturated rings. The van der Waals surface area contributed by atoms with Crippen LogP contribution in [0.15, 0.2) is 66.7 Å². The van der Waals surface area contributed by atoms with Crippen LogP contribution in [0.5, 0.6) is 5.75 Å². The SMILES string of the molecule is Cc1ccc(NC(=O)COc2ccc(CCO)cc2-n2nc3ccccc3n2)cc1. The Balaban J connectivity index is 1.56. The zero-order chi connectivity index (χ0) is 20.9. The Hall–Kier alpha value is -3.71. The monoisotopic (exact) mass is 402 g/mol. The van der Waals surface area contributed by atoms with Crippen molar-refractivity contribution < 1.29 is 14.6 Å². The third-order valence-electron chi connectivity index (χ3n) is 4.62. The first kappa shape index (κ1) is 19.6. The maximum Gasteiger partial charge on any atom is 0.262 e. The van der Waals surface area contributed by atoms with Gasteiger partial charge in [0.2, 0.25) is 0 Å². The molecule has 0 aliphatic rings. The van der Waals surface area contributed by atoms with Crippen LogP contribution in [0, 0.1) is 6.92 Å². The normalized spacial score (nSPS) is 10.9. The number of rotatable bonds is 7. The molecule has 0 radical (unpaired) electrons. The van der Waals surface area contributed by atoms with Crippen molar-refractivity contribution in [3.8, 4) is 11.4 Å². The quantitative estimate of drug-likeness (QED) is 0.495. The number of hydrogen-bond acceptors (Lipinski definition) is 5. The van der Waals surface area contributed by atoms with Gasteiger partial charge in [0, 0.05) is 12.3 Å². The van der Waals surface area contributed by atoms with Gasteiger partial charge in [-0.25, -0.2) is 0 Å². The van der Waals surface area contributed by atoms with E-state index in [1.165, 1.54) is 4.80 Å². The van der Waals surface area contributed by atoms with E-state index in [2.05, 4.69) is 15.5 Å². The maximum atomic E-state index is 12.3. The number of carbonyl (C=O) groups is 1. The highest BCUT2D eigenvalue weighted by Crippen LogP contribution is 2.25. The highest BCUT2D eigenvalue weighted by atomic mass is 16.5. The van der Waals surface area contributed by atoms with Crippen molar-refractivity contribution in [2.75, 3.05) is 18.5 Å². The number of nitrogens with zero attached hydrogens (tertiary/aromatic N) is 3. The lowest BCUT2D eigenvalue weighted by Gasteiger charge is -2.12. The van der Waals surface area contributed by atoms with Crippen molar-refractivity contribution in [1.82, 2.24) is 15.0 Å². The number of fused-ring (bicyclic) bond motifs is 1. The molecule has 30 heavy (non-hydrogen) atoms. The number of aliphatic hydroxyl groups excluding tert-OH is 1. The molecule has 4 aromatic rings. The van der Waals surface area contributed by atoms with Gasteiger partial charge in [-0.2, -0.15) is 0 Å². The van der Waals surface area contributed by atoms with Gasteiger partial charge in [-0.3, -0.25) is 4.79 Å². The summed E-state index contributed by atoms with van der Waals surface area (Å²) >= 11 is 0. The fourth-order valence-corrected chi connectivity index (χ4v) is 3.07. The van der Waals surface area contributed by atoms with Crippen molar-refractivity contribution in [3.63, 3.8) is 0 Å². The molecule has 2 N–H and O–H groups in total. The van der Waals surface area contributed by atoms with Gasteiger partial charge >= 0.3 is 0 Å². The standard InChI is InChI=1S/C23H22N4O3/c1-16-6-9-18(10-7-16)24-23(29)15-30-22-11-8-17(12-13-28)14-21(22)27-25-19-4-2-3-5-20(19)26-27/h2-11,14,28H,12-13,15H2,1H3,(H,24,29). The second kappa shape index (κ2) is 8.75. The second-order valence-electron chi connectivity index (χ2n) is 6.96. The van der Waals surface area contributed by atoms with E-state index in [4.69, 9.17) is 4.74 Å². The Labute approximate surface area is 173 Å². The van der Waals surface area contributed by atoms with Gasteiger partial charge in [0.1, 0.15) is 22.5 Å². The van der Waals surface area contributed by atoms with E-state index in [1.54, 1.807) is 6.07 Å². The Morgan fingerprint density at radius 2 is 1.73 bits per heavy atom. The van der Waals surface area contributed by atoms with Crippen LogP contribution in [0.4, 0.5) is 5.69 Å². The highest BCUT2D eigenvalue weighted by Gasteiger charge is 2.13. The van der Waals surface area contributed by atoms with Crippen LogP contribution in [-0.4, -0.2) is 39.2 Å². The minimum Gasteiger partial charge on any atom is -0.481 e. The van der Waals surface area contributed by atoms with Crippen LogP contribution < -0.4 is 10.1 Å². The fraction of sp³-hybridized carbons (Fsp3) is 0.174. The molecule has 0 saturated heterocycles. The Morgan fingerprint density at radius 1 is 1.03 bits per heavy atom. The molecule has 1 amide bonds. The van der Waals surface area contributed by atoms with Gasteiger partial charge in [0.05, 0.1) is 0 Å². The van der Waals surface area contributed by atoms with Gasteiger partial charge in [-0.05, 0) is 55.3 Å². The molecule has 7 nitrogen and oxygen atoms in total. The zero-order valence-corrected chi connectivity index (χ0v) is 16.6. The summed E-state index contributed by atoms with van der Waals surface area (Å²) in [5.74, 6) is 0.221. The molecule has 1 aromatic heterocycles. The molecule has 1 heterocycles. The largest absolute Gasteiger partial charge is 0.481 e. The van der Waals surface area contributed by atoms with Crippen LogP contribution in [0.3, 0.4) is 0 Å². The summed E-state index contributed by atoms with van der Waals surface area (Å²) in [6.07, 6.45) is 0.502. The third-order valence-corrected chi connectivity index (χ3v) is 4.62. The number of aromatic nitrogens is 3. The Morgan fingerprint density at radius 3 is 2.40 bits per heavy atom. The van der Waals surface area contributed by atoms with E-state index in [-0.39, 0.29) is 19.1 Å². The van der Waals surface area contributed by atoms with Crippen molar-refractivity contribution in [3.05, 3.63) is 77.9 Å². The number of hydrogen-bond donors (Lipinski definition) is 2. The topological polar surface area (TPSA) is 89.3 Å². The van der Waals surface area contributed by atoms with Crippen LogP contribution in [-0.2, 0) is 11.2 Å². The molecule has 0 aliphatic carbocycles. The molecule has 7 heteroatoms. The molecule has 152 valence electrons.